The van der Waals surface area contributed by atoms with Crippen LogP contribution in [-0.2, 0) is 4.74 Å². The number of nitrogens with one attached hydrogen (secondary N) is 1. The van der Waals surface area contributed by atoms with E-state index >= 15 is 0 Å². The van der Waals surface area contributed by atoms with Crippen LogP contribution in [0.3, 0.4) is 0 Å². The molecular formula is C31H35FN6O2. The third kappa shape index (κ3) is 6.14. The molecule has 1 amide bonds. The van der Waals surface area contributed by atoms with Gasteiger partial charge in [-0.15, -0.1) is 0 Å². The van der Waals surface area contributed by atoms with Crippen LogP contribution in [0.15, 0.2) is 61.1 Å². The second kappa shape index (κ2) is 11.1. The van der Waals surface area contributed by atoms with Crippen LogP contribution in [-0.4, -0.2) is 49.2 Å². The molecule has 0 aliphatic carbocycles. The zero-order valence-corrected chi connectivity index (χ0v) is 23.6. The maximum atomic E-state index is 13.7. The van der Waals surface area contributed by atoms with Crippen LogP contribution in [0.4, 0.5) is 20.8 Å². The highest BCUT2D eigenvalue weighted by atomic mass is 19.1. The average Bonchev–Trinajstić information content (AvgIpc) is 3.36. The van der Waals surface area contributed by atoms with Gasteiger partial charge in [-0.3, -0.25) is 0 Å². The molecule has 4 aromatic rings. The van der Waals surface area contributed by atoms with Gasteiger partial charge >= 0.3 is 6.09 Å². The first-order chi connectivity index (χ1) is 19.1. The van der Waals surface area contributed by atoms with E-state index in [1.54, 1.807) is 23.2 Å². The van der Waals surface area contributed by atoms with Gasteiger partial charge in [0, 0.05) is 36.6 Å². The van der Waals surface area contributed by atoms with Crippen molar-refractivity contribution in [3.05, 3.63) is 78.0 Å². The van der Waals surface area contributed by atoms with Crippen molar-refractivity contribution in [1.82, 2.24) is 24.4 Å². The van der Waals surface area contributed by atoms with E-state index < -0.39 is 5.60 Å². The number of halogens is 1. The Bertz CT molecular complexity index is 1500. The second-order valence-corrected chi connectivity index (χ2v) is 11.2. The molecular weight excluding hydrogens is 507 g/mol. The molecule has 2 aromatic carbocycles. The number of amides is 1. The molecule has 208 valence electrons. The highest BCUT2D eigenvalue weighted by Crippen LogP contribution is 2.36. The number of hydrogen-bond donors (Lipinski definition) is 1. The summed E-state index contributed by atoms with van der Waals surface area (Å²) in [5, 5.41) is 3.32. The number of imidazole rings is 1. The van der Waals surface area contributed by atoms with Crippen molar-refractivity contribution in [2.75, 3.05) is 18.4 Å². The molecule has 5 rings (SSSR count). The normalized spacial score (nSPS) is 14.3. The van der Waals surface area contributed by atoms with Crippen LogP contribution in [0.25, 0.3) is 22.6 Å². The summed E-state index contributed by atoms with van der Waals surface area (Å²) < 4.78 is 21.4. The molecule has 0 atom stereocenters. The Balaban J connectivity index is 1.47. The SMILES string of the molecule is Cc1ccc(Nc2nccc(-c3c(-c4ccc(F)cc4)ncn3C3CCN(C(=O)OC(C)(C)C)CC3)n2)cc1C. The van der Waals surface area contributed by atoms with Crippen LogP contribution >= 0.6 is 0 Å². The van der Waals surface area contributed by atoms with E-state index in [9.17, 15) is 9.18 Å². The van der Waals surface area contributed by atoms with Crippen molar-refractivity contribution in [1.29, 1.82) is 0 Å². The van der Waals surface area contributed by atoms with Gasteiger partial charge in [-0.05, 0) is 101 Å². The van der Waals surface area contributed by atoms with Gasteiger partial charge in [-0.1, -0.05) is 6.07 Å². The Hall–Kier alpha value is -4.27. The van der Waals surface area contributed by atoms with E-state index in [4.69, 9.17) is 14.7 Å². The lowest BCUT2D eigenvalue weighted by Gasteiger charge is -2.34. The summed E-state index contributed by atoms with van der Waals surface area (Å²) >= 11 is 0. The van der Waals surface area contributed by atoms with E-state index in [2.05, 4.69) is 40.8 Å². The van der Waals surface area contributed by atoms with Gasteiger partial charge in [0.2, 0.25) is 5.95 Å². The Labute approximate surface area is 234 Å². The first-order valence-electron chi connectivity index (χ1n) is 13.6. The number of anilines is 2. The minimum Gasteiger partial charge on any atom is -0.444 e. The average molecular weight is 543 g/mol. The molecule has 0 spiro atoms. The molecule has 1 N–H and O–H groups in total. The van der Waals surface area contributed by atoms with Crippen LogP contribution < -0.4 is 5.32 Å². The molecule has 0 radical (unpaired) electrons. The van der Waals surface area contributed by atoms with E-state index in [0.29, 0.717) is 30.4 Å². The highest BCUT2D eigenvalue weighted by molar-refractivity contribution is 5.77. The number of hydrogen-bond acceptors (Lipinski definition) is 6. The molecule has 3 heterocycles. The summed E-state index contributed by atoms with van der Waals surface area (Å²) in [6.45, 7) is 10.9. The number of carbonyl (C=O) groups excluding carboxylic acids is 1. The molecule has 0 bridgehead atoms. The Morgan fingerprint density at radius 3 is 2.40 bits per heavy atom. The summed E-state index contributed by atoms with van der Waals surface area (Å²) in [6, 6.07) is 14.4. The molecule has 8 nitrogen and oxygen atoms in total. The van der Waals surface area contributed by atoms with Gasteiger partial charge in [0.15, 0.2) is 0 Å². The van der Waals surface area contributed by atoms with Crippen molar-refractivity contribution in [3.8, 4) is 22.6 Å². The predicted octanol–water partition coefficient (Wildman–Crippen LogP) is 7.08. The number of aryl methyl sites for hydroxylation is 2. The zero-order valence-electron chi connectivity index (χ0n) is 23.6. The van der Waals surface area contributed by atoms with Gasteiger partial charge in [-0.2, -0.15) is 0 Å². The summed E-state index contributed by atoms with van der Waals surface area (Å²) in [6.07, 6.45) is 4.74. The van der Waals surface area contributed by atoms with E-state index in [0.717, 1.165) is 29.8 Å². The van der Waals surface area contributed by atoms with Crippen molar-refractivity contribution >= 4 is 17.7 Å². The molecule has 1 saturated heterocycles. The van der Waals surface area contributed by atoms with Crippen molar-refractivity contribution in [2.24, 2.45) is 0 Å². The van der Waals surface area contributed by atoms with Gasteiger partial charge in [0.05, 0.1) is 23.4 Å². The lowest BCUT2D eigenvalue weighted by atomic mass is 10.0. The number of rotatable bonds is 5. The first-order valence-corrected chi connectivity index (χ1v) is 13.6. The Kier molecular flexibility index (Phi) is 7.56. The highest BCUT2D eigenvalue weighted by Gasteiger charge is 2.30. The molecule has 9 heteroatoms. The second-order valence-electron chi connectivity index (χ2n) is 11.2. The summed E-state index contributed by atoms with van der Waals surface area (Å²) in [5.74, 6) is 0.166. The topological polar surface area (TPSA) is 85.2 Å². The van der Waals surface area contributed by atoms with Gasteiger partial charge in [0.1, 0.15) is 11.4 Å². The molecule has 0 saturated carbocycles. The third-order valence-electron chi connectivity index (χ3n) is 7.08. The van der Waals surface area contributed by atoms with Gasteiger partial charge in [-0.25, -0.2) is 24.1 Å². The maximum Gasteiger partial charge on any atom is 0.410 e. The van der Waals surface area contributed by atoms with Crippen molar-refractivity contribution < 1.29 is 13.9 Å². The number of benzene rings is 2. The quantitative estimate of drug-likeness (QED) is 0.290. The largest absolute Gasteiger partial charge is 0.444 e. The molecule has 0 unspecified atom stereocenters. The summed E-state index contributed by atoms with van der Waals surface area (Å²) in [7, 11) is 0. The van der Waals surface area contributed by atoms with Crippen LogP contribution in [0.5, 0.6) is 0 Å². The fourth-order valence-electron chi connectivity index (χ4n) is 4.86. The molecule has 2 aromatic heterocycles. The number of likely N-dealkylation sites (tertiary alicyclic amines) is 1. The monoisotopic (exact) mass is 542 g/mol. The Morgan fingerprint density at radius 1 is 1.00 bits per heavy atom. The fraction of sp³-hybridized carbons (Fsp3) is 0.355. The maximum absolute atomic E-state index is 13.7. The molecule has 40 heavy (non-hydrogen) atoms. The number of nitrogens with zero attached hydrogens (tertiary/aromatic N) is 5. The molecule has 1 aliphatic rings. The minimum absolute atomic E-state index is 0.0986. The van der Waals surface area contributed by atoms with Crippen LogP contribution in [0.2, 0.25) is 0 Å². The van der Waals surface area contributed by atoms with Crippen LogP contribution in [0, 0.1) is 19.7 Å². The van der Waals surface area contributed by atoms with Crippen molar-refractivity contribution in [2.45, 2.75) is 59.1 Å². The number of carbonyl (C=O) groups is 1. The molecule has 1 fully saturated rings. The van der Waals surface area contributed by atoms with E-state index in [1.165, 1.54) is 23.3 Å². The first kappa shape index (κ1) is 27.3. The standard InChI is InChI=1S/C31H35FN6O2/c1-20-6-11-24(18-21(20)2)35-29-33-15-12-26(36-29)28-27(22-7-9-23(32)10-8-22)34-19-38(28)25-13-16-37(17-14-25)30(39)40-31(3,4)5/h6-12,15,18-19,25H,13-14,16-17H2,1-5H3,(H,33,35,36). The lowest BCUT2D eigenvalue weighted by Crippen LogP contribution is -2.42. The Morgan fingerprint density at radius 2 is 1.73 bits per heavy atom. The number of ether oxygens (including phenoxy) is 1. The van der Waals surface area contributed by atoms with Gasteiger partial charge < -0.3 is 19.5 Å². The lowest BCUT2D eigenvalue weighted by molar-refractivity contribution is 0.0189. The van der Waals surface area contributed by atoms with E-state index in [-0.39, 0.29) is 18.0 Å². The minimum atomic E-state index is -0.536. The van der Waals surface area contributed by atoms with Crippen molar-refractivity contribution in [3.63, 3.8) is 0 Å². The smallest absolute Gasteiger partial charge is 0.410 e. The predicted molar refractivity (Wildman–Crippen MR) is 154 cm³/mol. The summed E-state index contributed by atoms with van der Waals surface area (Å²) in [4.78, 5) is 28.5. The summed E-state index contributed by atoms with van der Waals surface area (Å²) in [5.41, 5.74) is 5.80. The third-order valence-corrected chi connectivity index (χ3v) is 7.08. The van der Waals surface area contributed by atoms with E-state index in [1.807, 2.05) is 39.2 Å². The zero-order chi connectivity index (χ0) is 28.4. The fourth-order valence-corrected chi connectivity index (χ4v) is 4.86. The van der Waals surface area contributed by atoms with Crippen LogP contribution in [0.1, 0.15) is 50.8 Å². The molecule has 1 aliphatic heterocycles. The number of aromatic nitrogens is 4. The van der Waals surface area contributed by atoms with Gasteiger partial charge in [0.25, 0.3) is 0 Å². The number of piperidine rings is 1.